The second kappa shape index (κ2) is 7.05. The smallest absolute Gasteiger partial charge is 0.349 e. The van der Waals surface area contributed by atoms with E-state index in [-0.39, 0.29) is 17.3 Å². The molecule has 2 amide bonds. The number of nitrogens with one attached hydrogen (secondary N) is 1. The van der Waals surface area contributed by atoms with E-state index in [4.69, 9.17) is 4.74 Å². The van der Waals surface area contributed by atoms with Gasteiger partial charge >= 0.3 is 5.97 Å². The molecule has 0 bridgehead atoms. The van der Waals surface area contributed by atoms with E-state index < -0.39 is 24.3 Å². The highest BCUT2D eigenvalue weighted by Crippen LogP contribution is 2.33. The van der Waals surface area contributed by atoms with Gasteiger partial charge in [-0.05, 0) is 36.8 Å². The normalized spacial score (nSPS) is 13.2. The Bertz CT molecular complexity index is 1120. The number of para-hydroxylation sites is 2. The fourth-order valence-corrected chi connectivity index (χ4v) is 4.29. The molecule has 2 heterocycles. The van der Waals surface area contributed by atoms with Crippen LogP contribution in [0.25, 0.3) is 10.1 Å². The average molecular weight is 398 g/mol. The van der Waals surface area contributed by atoms with Crippen molar-refractivity contribution in [3.63, 3.8) is 0 Å². The molecule has 1 aliphatic rings. The van der Waals surface area contributed by atoms with Gasteiger partial charge in [-0.1, -0.05) is 18.2 Å². The lowest BCUT2D eigenvalue weighted by Crippen LogP contribution is -2.44. The van der Waals surface area contributed by atoms with Gasteiger partial charge in [-0.15, -0.1) is 11.3 Å². The molecule has 0 saturated carbocycles. The van der Waals surface area contributed by atoms with Gasteiger partial charge in [0.05, 0.1) is 11.4 Å². The van der Waals surface area contributed by atoms with Crippen molar-refractivity contribution in [2.24, 2.45) is 0 Å². The lowest BCUT2D eigenvalue weighted by Gasteiger charge is -2.28. The standard InChI is InChI=1S/C20H15FN2O4S/c1-11-18-12(21)5-4-8-15(18)28-19(11)20(26)27-10-17(25)23-9-16(24)22-13-6-2-3-7-14(13)23/h2-8H,9-10H2,1H3,(H,22,24). The number of hydrogen-bond acceptors (Lipinski definition) is 5. The number of halogens is 1. The Morgan fingerprint density at radius 2 is 2.00 bits per heavy atom. The summed E-state index contributed by atoms with van der Waals surface area (Å²) in [6.07, 6.45) is 0. The third kappa shape index (κ3) is 3.11. The molecule has 1 aliphatic heterocycles. The van der Waals surface area contributed by atoms with Crippen LogP contribution in [0.15, 0.2) is 42.5 Å². The van der Waals surface area contributed by atoms with E-state index in [1.54, 1.807) is 43.3 Å². The molecule has 28 heavy (non-hydrogen) atoms. The molecule has 142 valence electrons. The third-order valence-electron chi connectivity index (χ3n) is 4.49. The zero-order valence-corrected chi connectivity index (χ0v) is 15.6. The van der Waals surface area contributed by atoms with Crippen LogP contribution in [0.5, 0.6) is 0 Å². The lowest BCUT2D eigenvalue weighted by atomic mass is 10.1. The number of benzene rings is 2. The predicted molar refractivity (Wildman–Crippen MR) is 104 cm³/mol. The summed E-state index contributed by atoms with van der Waals surface area (Å²) in [5.41, 5.74) is 1.55. The lowest BCUT2D eigenvalue weighted by molar-refractivity contribution is -0.124. The van der Waals surface area contributed by atoms with Crippen LogP contribution in [0.2, 0.25) is 0 Å². The highest BCUT2D eigenvalue weighted by Gasteiger charge is 2.28. The van der Waals surface area contributed by atoms with Crippen molar-refractivity contribution < 1.29 is 23.5 Å². The van der Waals surface area contributed by atoms with E-state index in [1.807, 2.05) is 0 Å². The maximum atomic E-state index is 14.0. The van der Waals surface area contributed by atoms with E-state index in [2.05, 4.69) is 5.32 Å². The topological polar surface area (TPSA) is 75.7 Å². The van der Waals surface area contributed by atoms with Gasteiger partial charge in [-0.2, -0.15) is 0 Å². The Morgan fingerprint density at radius 1 is 1.21 bits per heavy atom. The Labute approximate surface area is 163 Å². The first-order valence-electron chi connectivity index (χ1n) is 8.49. The van der Waals surface area contributed by atoms with Gasteiger partial charge in [0.1, 0.15) is 17.2 Å². The van der Waals surface area contributed by atoms with Gasteiger partial charge in [-0.25, -0.2) is 9.18 Å². The predicted octanol–water partition coefficient (Wildman–Crippen LogP) is 3.49. The zero-order valence-electron chi connectivity index (χ0n) is 14.8. The molecule has 6 nitrogen and oxygen atoms in total. The summed E-state index contributed by atoms with van der Waals surface area (Å²) in [5.74, 6) is -1.94. The van der Waals surface area contributed by atoms with Crippen molar-refractivity contribution in [2.45, 2.75) is 6.92 Å². The van der Waals surface area contributed by atoms with Gasteiger partial charge in [0.25, 0.3) is 5.91 Å². The van der Waals surface area contributed by atoms with Crippen molar-refractivity contribution >= 4 is 50.6 Å². The van der Waals surface area contributed by atoms with Crippen LogP contribution in [0.3, 0.4) is 0 Å². The van der Waals surface area contributed by atoms with E-state index in [9.17, 15) is 18.8 Å². The molecule has 3 aromatic rings. The van der Waals surface area contributed by atoms with Crippen LogP contribution >= 0.6 is 11.3 Å². The molecule has 1 N–H and O–H groups in total. The molecule has 0 saturated heterocycles. The molecule has 8 heteroatoms. The Hall–Kier alpha value is -3.26. The summed E-state index contributed by atoms with van der Waals surface area (Å²) in [4.78, 5) is 38.4. The minimum atomic E-state index is -0.693. The molecule has 4 rings (SSSR count). The number of esters is 1. The monoisotopic (exact) mass is 398 g/mol. The Kier molecular flexibility index (Phi) is 4.56. The number of hydrogen-bond donors (Lipinski definition) is 1. The van der Waals surface area contributed by atoms with Gasteiger partial charge in [0.2, 0.25) is 5.91 Å². The molecule has 2 aromatic carbocycles. The fourth-order valence-electron chi connectivity index (χ4n) is 3.17. The SMILES string of the molecule is Cc1c(C(=O)OCC(=O)N2CC(=O)Nc3ccccc32)sc2cccc(F)c12. The minimum Gasteiger partial charge on any atom is -0.451 e. The second-order valence-corrected chi connectivity index (χ2v) is 7.34. The first kappa shape index (κ1) is 18.1. The summed E-state index contributed by atoms with van der Waals surface area (Å²) in [6.45, 7) is 0.975. The number of carbonyl (C=O) groups is 3. The summed E-state index contributed by atoms with van der Waals surface area (Å²) in [7, 11) is 0. The van der Waals surface area contributed by atoms with Crippen LogP contribution in [0, 0.1) is 12.7 Å². The number of ether oxygens (including phenoxy) is 1. The van der Waals surface area contributed by atoms with Crippen LogP contribution in [-0.2, 0) is 14.3 Å². The van der Waals surface area contributed by atoms with Crippen LogP contribution in [0.1, 0.15) is 15.2 Å². The molecule has 0 atom stereocenters. The highest BCUT2D eigenvalue weighted by atomic mass is 32.1. The summed E-state index contributed by atoms with van der Waals surface area (Å²) in [5, 5.41) is 3.07. The number of amides is 2. The second-order valence-electron chi connectivity index (χ2n) is 6.29. The molecular weight excluding hydrogens is 383 g/mol. The maximum Gasteiger partial charge on any atom is 0.349 e. The molecule has 1 aromatic heterocycles. The quantitative estimate of drug-likeness (QED) is 0.686. The first-order chi connectivity index (χ1) is 13.5. The highest BCUT2D eigenvalue weighted by molar-refractivity contribution is 7.21. The van der Waals surface area contributed by atoms with Gasteiger partial charge < -0.3 is 10.1 Å². The number of aryl methyl sites for hydroxylation is 1. The molecule has 0 aliphatic carbocycles. The number of thiophene rings is 1. The Morgan fingerprint density at radius 3 is 2.79 bits per heavy atom. The van der Waals surface area contributed by atoms with Crippen molar-refractivity contribution in [3.05, 3.63) is 58.7 Å². The first-order valence-corrected chi connectivity index (χ1v) is 9.31. The summed E-state index contributed by atoms with van der Waals surface area (Å²) < 4.78 is 19.8. The van der Waals surface area contributed by atoms with E-state index >= 15 is 0 Å². The number of carbonyl (C=O) groups excluding carboxylic acids is 3. The van der Waals surface area contributed by atoms with E-state index in [0.29, 0.717) is 27.0 Å². The maximum absolute atomic E-state index is 14.0. The van der Waals surface area contributed by atoms with E-state index in [1.165, 1.54) is 11.0 Å². The number of fused-ring (bicyclic) bond motifs is 2. The molecular formula is C20H15FN2O4S. The van der Waals surface area contributed by atoms with Crippen LogP contribution in [0.4, 0.5) is 15.8 Å². The molecule has 0 radical (unpaired) electrons. The van der Waals surface area contributed by atoms with Crippen LogP contribution in [-0.4, -0.2) is 30.9 Å². The van der Waals surface area contributed by atoms with E-state index in [0.717, 1.165) is 11.3 Å². The number of nitrogens with zero attached hydrogens (tertiary/aromatic N) is 1. The van der Waals surface area contributed by atoms with Crippen molar-refractivity contribution in [1.82, 2.24) is 0 Å². The number of anilines is 2. The molecule has 0 fully saturated rings. The summed E-state index contributed by atoms with van der Waals surface area (Å²) in [6, 6.07) is 11.5. The number of rotatable bonds is 3. The average Bonchev–Trinajstić information content (AvgIpc) is 3.03. The summed E-state index contributed by atoms with van der Waals surface area (Å²) >= 11 is 1.12. The zero-order chi connectivity index (χ0) is 19.8. The Balaban J connectivity index is 1.52. The van der Waals surface area contributed by atoms with Crippen LogP contribution < -0.4 is 10.2 Å². The third-order valence-corrected chi connectivity index (χ3v) is 5.72. The van der Waals surface area contributed by atoms with Crippen molar-refractivity contribution in [1.29, 1.82) is 0 Å². The van der Waals surface area contributed by atoms with Crippen molar-refractivity contribution in [3.8, 4) is 0 Å². The van der Waals surface area contributed by atoms with Gasteiger partial charge in [0, 0.05) is 10.1 Å². The van der Waals surface area contributed by atoms with Gasteiger partial charge in [0.15, 0.2) is 6.61 Å². The largest absolute Gasteiger partial charge is 0.451 e. The minimum absolute atomic E-state index is 0.152. The van der Waals surface area contributed by atoms with Gasteiger partial charge in [-0.3, -0.25) is 14.5 Å². The van der Waals surface area contributed by atoms with Crippen molar-refractivity contribution in [2.75, 3.05) is 23.4 Å². The molecule has 0 spiro atoms. The fraction of sp³-hybridized carbons (Fsp3) is 0.150. The molecule has 0 unspecified atom stereocenters.